The standard InChI is InChI=1S/C32H32Cl2FN9S/c1-18-31(45-17-38-18)30(27-16-44(42-41-27)22-7-9-43(10-8-22)32(2,3)4)40-21-11-23-28(39-20-5-6-26(35)24(33)12-20)19(14-36)15-37-29(23)25(34)13-21/h5-6,11-13,15-17,22,30,40H,7-10H2,1-4H3,(H,37,39)/t30-/m1/s1. The van der Waals surface area contributed by atoms with Gasteiger partial charge in [0, 0.05) is 41.6 Å². The number of thiazole rings is 1. The first kappa shape index (κ1) is 31.2. The molecule has 1 saturated heterocycles. The van der Waals surface area contributed by atoms with Gasteiger partial charge in [0.15, 0.2) is 0 Å². The van der Waals surface area contributed by atoms with Crippen LogP contribution in [0, 0.1) is 24.1 Å². The van der Waals surface area contributed by atoms with Gasteiger partial charge >= 0.3 is 0 Å². The van der Waals surface area contributed by atoms with Crippen molar-refractivity contribution in [1.82, 2.24) is 29.9 Å². The summed E-state index contributed by atoms with van der Waals surface area (Å²) in [7, 11) is 0. The molecule has 2 aromatic carbocycles. The maximum absolute atomic E-state index is 13.8. The third kappa shape index (κ3) is 6.47. The highest BCUT2D eigenvalue weighted by Crippen LogP contribution is 2.38. The van der Waals surface area contributed by atoms with Crippen molar-refractivity contribution in [1.29, 1.82) is 5.26 Å². The average molecular weight is 665 g/mol. The number of piperidine rings is 1. The summed E-state index contributed by atoms with van der Waals surface area (Å²) in [6.07, 6.45) is 5.49. The van der Waals surface area contributed by atoms with Gasteiger partial charge in [0.05, 0.1) is 55.1 Å². The molecule has 3 aromatic heterocycles. The summed E-state index contributed by atoms with van der Waals surface area (Å²) in [6.45, 7) is 10.7. The van der Waals surface area contributed by atoms with E-state index in [-0.39, 0.29) is 22.6 Å². The highest BCUT2D eigenvalue weighted by Gasteiger charge is 2.29. The molecule has 0 amide bonds. The number of hydrogen-bond donors (Lipinski definition) is 2. The number of likely N-dealkylation sites (tertiary alicyclic amines) is 1. The number of benzene rings is 2. The van der Waals surface area contributed by atoms with Crippen LogP contribution in [0.2, 0.25) is 10.0 Å². The molecule has 0 bridgehead atoms. The van der Waals surface area contributed by atoms with Crippen LogP contribution >= 0.6 is 34.5 Å². The fourth-order valence-electron chi connectivity index (χ4n) is 5.71. The Morgan fingerprint density at radius 1 is 1.09 bits per heavy atom. The van der Waals surface area contributed by atoms with Crippen LogP contribution < -0.4 is 10.6 Å². The molecule has 4 heterocycles. The molecule has 0 radical (unpaired) electrons. The Hall–Kier alpha value is -3.82. The summed E-state index contributed by atoms with van der Waals surface area (Å²) in [6, 6.07) is 10.1. The van der Waals surface area contributed by atoms with E-state index in [1.807, 2.05) is 29.4 Å². The minimum Gasteiger partial charge on any atom is -0.372 e. The maximum Gasteiger partial charge on any atom is 0.141 e. The van der Waals surface area contributed by atoms with E-state index in [4.69, 9.17) is 23.2 Å². The lowest BCUT2D eigenvalue weighted by molar-refractivity contribution is 0.0866. The fraction of sp³-hybridized carbons (Fsp3) is 0.344. The summed E-state index contributed by atoms with van der Waals surface area (Å²) >= 11 is 14.4. The summed E-state index contributed by atoms with van der Waals surface area (Å²) in [4.78, 5) is 12.5. The molecule has 6 rings (SSSR count). The lowest BCUT2D eigenvalue weighted by Crippen LogP contribution is -2.46. The molecule has 2 N–H and O–H groups in total. The number of aryl methyl sites for hydroxylation is 1. The van der Waals surface area contributed by atoms with Crippen molar-refractivity contribution in [2.75, 3.05) is 23.7 Å². The second-order valence-electron chi connectivity index (χ2n) is 12.2. The Balaban J connectivity index is 1.35. The summed E-state index contributed by atoms with van der Waals surface area (Å²) in [5.74, 6) is -0.534. The number of nitrogens with one attached hydrogen (secondary N) is 2. The number of fused-ring (bicyclic) bond motifs is 1. The predicted octanol–water partition coefficient (Wildman–Crippen LogP) is 8.29. The molecule has 1 atom stereocenters. The minimum atomic E-state index is -0.534. The number of nitrogens with zero attached hydrogens (tertiary/aromatic N) is 7. The Labute approximate surface area is 275 Å². The van der Waals surface area contributed by atoms with E-state index in [9.17, 15) is 9.65 Å². The number of hydrogen-bond acceptors (Lipinski definition) is 9. The number of aromatic nitrogens is 5. The maximum atomic E-state index is 13.8. The molecule has 1 aliphatic heterocycles. The van der Waals surface area contributed by atoms with Gasteiger partial charge in [0.1, 0.15) is 23.6 Å². The van der Waals surface area contributed by atoms with Crippen LogP contribution in [0.1, 0.15) is 67.5 Å². The van der Waals surface area contributed by atoms with Crippen molar-refractivity contribution in [2.24, 2.45) is 0 Å². The fourth-order valence-corrected chi connectivity index (χ4v) is 7.02. The Kier molecular flexibility index (Phi) is 8.68. The van der Waals surface area contributed by atoms with Crippen LogP contribution in [0.3, 0.4) is 0 Å². The lowest BCUT2D eigenvalue weighted by atomic mass is 9.98. The van der Waals surface area contributed by atoms with Gasteiger partial charge in [0.2, 0.25) is 0 Å². The van der Waals surface area contributed by atoms with Gasteiger partial charge in [-0.25, -0.2) is 14.1 Å². The van der Waals surface area contributed by atoms with Gasteiger partial charge < -0.3 is 10.6 Å². The second-order valence-corrected chi connectivity index (χ2v) is 13.9. The van der Waals surface area contributed by atoms with Gasteiger partial charge in [-0.2, -0.15) is 5.26 Å². The molecule has 232 valence electrons. The van der Waals surface area contributed by atoms with Crippen molar-refractivity contribution in [3.8, 4) is 6.07 Å². The van der Waals surface area contributed by atoms with E-state index in [1.165, 1.54) is 29.7 Å². The molecule has 9 nitrogen and oxygen atoms in total. The lowest BCUT2D eigenvalue weighted by Gasteiger charge is -2.40. The van der Waals surface area contributed by atoms with Gasteiger partial charge in [-0.15, -0.1) is 16.4 Å². The van der Waals surface area contributed by atoms with E-state index < -0.39 is 5.82 Å². The van der Waals surface area contributed by atoms with Crippen LogP contribution in [-0.2, 0) is 0 Å². The number of halogens is 3. The molecule has 5 aromatic rings. The van der Waals surface area contributed by atoms with Crippen LogP contribution in [0.15, 0.2) is 48.2 Å². The normalized spacial score (nSPS) is 15.2. The third-order valence-electron chi connectivity index (χ3n) is 8.20. The number of pyridine rings is 1. The van der Waals surface area contributed by atoms with E-state index >= 15 is 0 Å². The smallest absolute Gasteiger partial charge is 0.141 e. The largest absolute Gasteiger partial charge is 0.372 e. The number of anilines is 3. The van der Waals surface area contributed by atoms with E-state index in [2.05, 4.69) is 62.7 Å². The summed E-state index contributed by atoms with van der Waals surface area (Å²) in [5, 5.41) is 26.9. The van der Waals surface area contributed by atoms with Crippen LogP contribution in [0.25, 0.3) is 10.9 Å². The van der Waals surface area contributed by atoms with Crippen molar-refractivity contribution in [3.05, 3.63) is 85.9 Å². The molecular formula is C32H32Cl2FN9S. The molecule has 0 aliphatic carbocycles. The number of rotatable bonds is 7. The molecule has 1 aliphatic rings. The first-order valence-corrected chi connectivity index (χ1v) is 16.2. The van der Waals surface area contributed by atoms with Crippen molar-refractivity contribution in [3.63, 3.8) is 0 Å². The monoisotopic (exact) mass is 663 g/mol. The topological polar surface area (TPSA) is 108 Å². The molecule has 0 spiro atoms. The van der Waals surface area contributed by atoms with E-state index in [0.29, 0.717) is 38.6 Å². The minimum absolute atomic E-state index is 0.0344. The summed E-state index contributed by atoms with van der Waals surface area (Å²) < 4.78 is 15.8. The molecular weight excluding hydrogens is 632 g/mol. The van der Waals surface area contributed by atoms with Crippen LogP contribution in [0.5, 0.6) is 0 Å². The van der Waals surface area contributed by atoms with E-state index in [0.717, 1.165) is 42.2 Å². The Morgan fingerprint density at radius 2 is 1.84 bits per heavy atom. The second kappa shape index (κ2) is 12.5. The van der Waals surface area contributed by atoms with E-state index in [1.54, 1.807) is 12.1 Å². The average Bonchev–Trinajstić information content (AvgIpc) is 3.67. The zero-order chi connectivity index (χ0) is 31.9. The zero-order valence-electron chi connectivity index (χ0n) is 25.3. The highest BCUT2D eigenvalue weighted by molar-refractivity contribution is 7.09. The van der Waals surface area contributed by atoms with Crippen molar-refractivity contribution < 1.29 is 4.39 Å². The van der Waals surface area contributed by atoms with Gasteiger partial charge in [0.25, 0.3) is 0 Å². The predicted molar refractivity (Wildman–Crippen MR) is 178 cm³/mol. The Bertz CT molecular complexity index is 1900. The SMILES string of the molecule is Cc1ncsc1[C@H](Nc1cc(Cl)c2ncc(C#N)c(Nc3ccc(F)c(Cl)c3)c2c1)c1cn(C2CCN(C(C)(C)C)CC2)nn1. The van der Waals surface area contributed by atoms with Crippen LogP contribution in [0.4, 0.5) is 21.5 Å². The summed E-state index contributed by atoms with van der Waals surface area (Å²) in [5.41, 5.74) is 6.11. The van der Waals surface area contributed by atoms with Crippen LogP contribution in [-0.4, -0.2) is 48.5 Å². The van der Waals surface area contributed by atoms with Gasteiger partial charge in [-0.05, 0) is 70.9 Å². The molecule has 45 heavy (non-hydrogen) atoms. The highest BCUT2D eigenvalue weighted by atomic mass is 35.5. The Morgan fingerprint density at radius 3 is 2.51 bits per heavy atom. The quantitative estimate of drug-likeness (QED) is 0.179. The van der Waals surface area contributed by atoms with Crippen molar-refractivity contribution >= 4 is 62.5 Å². The molecule has 0 saturated carbocycles. The number of nitriles is 1. The van der Waals surface area contributed by atoms with Crippen molar-refractivity contribution in [2.45, 2.75) is 58.2 Å². The molecule has 0 unspecified atom stereocenters. The first-order chi connectivity index (χ1) is 21.5. The third-order valence-corrected chi connectivity index (χ3v) is 9.77. The first-order valence-electron chi connectivity index (χ1n) is 14.6. The molecule has 1 fully saturated rings. The van der Waals surface area contributed by atoms with Gasteiger partial charge in [-0.1, -0.05) is 28.4 Å². The zero-order valence-corrected chi connectivity index (χ0v) is 27.6. The molecule has 13 heteroatoms. The van der Waals surface area contributed by atoms with Gasteiger partial charge in [-0.3, -0.25) is 9.88 Å².